The zero-order valence-electron chi connectivity index (χ0n) is 19.2. The van der Waals surface area contributed by atoms with Crippen LogP contribution in [0.5, 0.6) is 11.5 Å². The molecule has 0 N–H and O–H groups in total. The summed E-state index contributed by atoms with van der Waals surface area (Å²) in [6.07, 6.45) is 3.56. The number of likely N-dealkylation sites (N-methyl/N-ethyl adjacent to an activating group) is 1. The second-order valence-electron chi connectivity index (χ2n) is 8.08. The molecular weight excluding hydrogens is 416 g/mol. The molecular formula is C25H28N6O2. The maximum Gasteiger partial charge on any atom is 0.157 e. The first kappa shape index (κ1) is 21.1. The summed E-state index contributed by atoms with van der Waals surface area (Å²) in [5, 5.41) is 4.51. The van der Waals surface area contributed by atoms with Crippen LogP contribution in [-0.4, -0.2) is 66.9 Å². The summed E-state index contributed by atoms with van der Waals surface area (Å²) in [5.41, 5.74) is 3.89. The molecule has 0 aliphatic carbocycles. The number of piperazine rings is 1. The second kappa shape index (κ2) is 8.99. The third kappa shape index (κ3) is 4.05. The number of methoxy groups -OCH3 is 2. The minimum absolute atomic E-state index is 0.703. The summed E-state index contributed by atoms with van der Waals surface area (Å²) < 4.78 is 13.0. The molecule has 4 aromatic rings. The number of nitrogens with zero attached hydrogens (tertiary/aromatic N) is 6. The largest absolute Gasteiger partial charge is 0.497 e. The van der Waals surface area contributed by atoms with Crippen molar-refractivity contribution in [3.63, 3.8) is 0 Å². The lowest BCUT2D eigenvalue weighted by Crippen LogP contribution is -2.44. The standard InChI is InChI=1S/C25H28N6O2/c1-28-14-16-29(17-15-28)19-4-6-20(7-5-19)30(22-9-8-21(32-2)18-23(22)33-3)25-11-12-26-24-10-13-27-31(24)25/h4-13,18H,14-17H2,1-3H3. The third-order valence-electron chi connectivity index (χ3n) is 6.10. The summed E-state index contributed by atoms with van der Waals surface area (Å²) in [4.78, 5) is 11.4. The number of rotatable bonds is 6. The fraction of sp³-hybridized carbons (Fsp3) is 0.280. The highest BCUT2D eigenvalue weighted by atomic mass is 16.5. The van der Waals surface area contributed by atoms with Crippen molar-refractivity contribution in [1.82, 2.24) is 19.5 Å². The van der Waals surface area contributed by atoms with Gasteiger partial charge in [-0.2, -0.15) is 9.61 Å². The van der Waals surface area contributed by atoms with Crippen LogP contribution >= 0.6 is 0 Å². The maximum absolute atomic E-state index is 5.75. The molecule has 0 spiro atoms. The van der Waals surface area contributed by atoms with Gasteiger partial charge in [0, 0.05) is 55.9 Å². The van der Waals surface area contributed by atoms with Gasteiger partial charge >= 0.3 is 0 Å². The van der Waals surface area contributed by atoms with Gasteiger partial charge in [-0.3, -0.25) is 4.90 Å². The molecule has 8 heteroatoms. The molecule has 2 aromatic heterocycles. The molecule has 33 heavy (non-hydrogen) atoms. The molecule has 2 aromatic carbocycles. The van der Waals surface area contributed by atoms with E-state index in [1.807, 2.05) is 34.8 Å². The van der Waals surface area contributed by atoms with Crippen molar-refractivity contribution in [1.29, 1.82) is 0 Å². The van der Waals surface area contributed by atoms with Gasteiger partial charge in [-0.25, -0.2) is 4.98 Å². The van der Waals surface area contributed by atoms with E-state index in [-0.39, 0.29) is 0 Å². The first-order valence-corrected chi connectivity index (χ1v) is 11.0. The predicted octanol–water partition coefficient (Wildman–Crippen LogP) is 3.97. The number of anilines is 4. The molecule has 170 valence electrons. The summed E-state index contributed by atoms with van der Waals surface area (Å²) in [6.45, 7) is 4.21. The SMILES string of the molecule is COc1ccc(N(c2ccc(N3CCN(C)CC3)cc2)c2ccnc3ccnn23)c(OC)c1. The summed E-state index contributed by atoms with van der Waals surface area (Å²) >= 11 is 0. The van der Waals surface area contributed by atoms with Gasteiger partial charge in [0.15, 0.2) is 5.65 Å². The van der Waals surface area contributed by atoms with Crippen LogP contribution in [0.2, 0.25) is 0 Å². The van der Waals surface area contributed by atoms with E-state index < -0.39 is 0 Å². The Morgan fingerprint density at radius 3 is 2.36 bits per heavy atom. The Balaban J connectivity index is 1.60. The van der Waals surface area contributed by atoms with Crippen molar-refractivity contribution in [2.24, 2.45) is 0 Å². The van der Waals surface area contributed by atoms with Crippen LogP contribution in [0.25, 0.3) is 5.65 Å². The van der Waals surface area contributed by atoms with Gasteiger partial charge in [0.1, 0.15) is 17.3 Å². The first-order chi connectivity index (χ1) is 16.2. The molecule has 0 amide bonds. The number of fused-ring (bicyclic) bond motifs is 1. The smallest absolute Gasteiger partial charge is 0.157 e. The highest BCUT2D eigenvalue weighted by Crippen LogP contribution is 2.41. The number of ether oxygens (including phenoxy) is 2. The van der Waals surface area contributed by atoms with Crippen LogP contribution in [0.3, 0.4) is 0 Å². The lowest BCUT2D eigenvalue weighted by atomic mass is 10.2. The molecule has 0 unspecified atom stereocenters. The average Bonchev–Trinajstić information content (AvgIpc) is 3.35. The topological polar surface area (TPSA) is 58.4 Å². The Hall–Kier alpha value is -3.78. The Bertz CT molecular complexity index is 1230. The summed E-state index contributed by atoms with van der Waals surface area (Å²) in [7, 11) is 5.49. The first-order valence-electron chi connectivity index (χ1n) is 11.0. The van der Waals surface area contributed by atoms with Crippen molar-refractivity contribution < 1.29 is 9.47 Å². The van der Waals surface area contributed by atoms with Gasteiger partial charge in [0.05, 0.1) is 26.1 Å². The average molecular weight is 445 g/mol. The van der Waals surface area contributed by atoms with E-state index in [2.05, 4.69) is 56.1 Å². The van der Waals surface area contributed by atoms with Crippen LogP contribution in [0.15, 0.2) is 67.0 Å². The van der Waals surface area contributed by atoms with E-state index in [1.54, 1.807) is 26.6 Å². The summed E-state index contributed by atoms with van der Waals surface area (Å²) in [5.74, 6) is 2.30. The van der Waals surface area contributed by atoms with Gasteiger partial charge in [-0.1, -0.05) is 0 Å². The van der Waals surface area contributed by atoms with E-state index >= 15 is 0 Å². The molecule has 8 nitrogen and oxygen atoms in total. The molecule has 0 radical (unpaired) electrons. The molecule has 0 atom stereocenters. The third-order valence-corrected chi connectivity index (χ3v) is 6.10. The Kier molecular flexibility index (Phi) is 5.75. The molecule has 1 fully saturated rings. The van der Waals surface area contributed by atoms with Gasteiger partial charge in [0.2, 0.25) is 0 Å². The zero-order valence-corrected chi connectivity index (χ0v) is 19.2. The molecule has 5 rings (SSSR count). The minimum atomic E-state index is 0.703. The molecule has 1 aliphatic heterocycles. The molecule has 1 aliphatic rings. The van der Waals surface area contributed by atoms with E-state index in [0.29, 0.717) is 5.75 Å². The van der Waals surface area contributed by atoms with Gasteiger partial charge in [-0.15, -0.1) is 0 Å². The second-order valence-corrected chi connectivity index (χ2v) is 8.08. The van der Waals surface area contributed by atoms with E-state index in [0.717, 1.165) is 54.8 Å². The zero-order chi connectivity index (χ0) is 22.8. The highest BCUT2D eigenvalue weighted by molar-refractivity contribution is 5.80. The quantitative estimate of drug-likeness (QED) is 0.446. The fourth-order valence-electron chi connectivity index (χ4n) is 4.23. The Morgan fingerprint density at radius 2 is 1.64 bits per heavy atom. The number of benzene rings is 2. The lowest BCUT2D eigenvalue weighted by molar-refractivity contribution is 0.313. The van der Waals surface area contributed by atoms with Crippen molar-refractivity contribution >= 4 is 28.5 Å². The molecule has 3 heterocycles. The van der Waals surface area contributed by atoms with Crippen LogP contribution in [0.1, 0.15) is 0 Å². The minimum Gasteiger partial charge on any atom is -0.497 e. The van der Waals surface area contributed by atoms with E-state index in [4.69, 9.17) is 9.47 Å². The lowest BCUT2D eigenvalue weighted by Gasteiger charge is -2.34. The van der Waals surface area contributed by atoms with Gasteiger partial charge in [-0.05, 0) is 49.5 Å². The Labute approximate surface area is 193 Å². The summed E-state index contributed by atoms with van der Waals surface area (Å²) in [6, 6.07) is 18.3. The van der Waals surface area contributed by atoms with E-state index in [1.165, 1.54) is 5.69 Å². The van der Waals surface area contributed by atoms with E-state index in [9.17, 15) is 0 Å². The molecule has 1 saturated heterocycles. The number of aromatic nitrogens is 3. The van der Waals surface area contributed by atoms with Crippen LogP contribution in [-0.2, 0) is 0 Å². The van der Waals surface area contributed by atoms with Crippen molar-refractivity contribution in [2.75, 3.05) is 57.2 Å². The van der Waals surface area contributed by atoms with Crippen molar-refractivity contribution in [3.8, 4) is 11.5 Å². The molecule has 0 saturated carbocycles. The normalized spacial score (nSPS) is 14.5. The monoisotopic (exact) mass is 444 g/mol. The van der Waals surface area contributed by atoms with Crippen LogP contribution in [0.4, 0.5) is 22.9 Å². The maximum atomic E-state index is 5.75. The highest BCUT2D eigenvalue weighted by Gasteiger charge is 2.21. The number of hydrogen-bond donors (Lipinski definition) is 0. The molecule has 0 bridgehead atoms. The van der Waals surface area contributed by atoms with Crippen LogP contribution < -0.4 is 19.3 Å². The van der Waals surface area contributed by atoms with Gasteiger partial charge in [0.25, 0.3) is 0 Å². The Morgan fingerprint density at radius 1 is 0.848 bits per heavy atom. The predicted molar refractivity (Wildman–Crippen MR) is 130 cm³/mol. The fourth-order valence-corrected chi connectivity index (χ4v) is 4.23. The van der Waals surface area contributed by atoms with Crippen LogP contribution in [0, 0.1) is 0 Å². The number of hydrogen-bond acceptors (Lipinski definition) is 7. The van der Waals surface area contributed by atoms with Crippen molar-refractivity contribution in [2.45, 2.75) is 0 Å². The van der Waals surface area contributed by atoms with Crippen molar-refractivity contribution in [3.05, 3.63) is 67.0 Å². The van der Waals surface area contributed by atoms with Gasteiger partial charge < -0.3 is 19.3 Å².